The summed E-state index contributed by atoms with van der Waals surface area (Å²) in [7, 11) is 0. The molecule has 0 aliphatic heterocycles. The van der Waals surface area contributed by atoms with Crippen LogP contribution in [0.3, 0.4) is 0 Å². The van der Waals surface area contributed by atoms with E-state index in [1.54, 1.807) is 0 Å². The highest BCUT2D eigenvalue weighted by Gasteiger charge is 2.22. The van der Waals surface area contributed by atoms with Gasteiger partial charge >= 0.3 is 0 Å². The van der Waals surface area contributed by atoms with Crippen LogP contribution in [0.5, 0.6) is 0 Å². The van der Waals surface area contributed by atoms with Gasteiger partial charge in [0.05, 0.1) is 24.0 Å². The van der Waals surface area contributed by atoms with E-state index in [0.717, 1.165) is 40.6 Å². The van der Waals surface area contributed by atoms with E-state index in [1.165, 1.54) is 12.8 Å². The molecule has 1 aliphatic carbocycles. The van der Waals surface area contributed by atoms with E-state index in [2.05, 4.69) is 21.0 Å². The SMILES string of the molecule is O=C(NCc1cc(-c2ccncc2)n(C2CCCC2)n1)c1cccc2ccccc12. The molecule has 1 aliphatic rings. The van der Waals surface area contributed by atoms with Crippen LogP contribution >= 0.6 is 0 Å². The minimum atomic E-state index is -0.0762. The van der Waals surface area contributed by atoms with Crippen molar-refractivity contribution >= 4 is 16.7 Å². The van der Waals surface area contributed by atoms with Crippen molar-refractivity contribution < 1.29 is 4.79 Å². The van der Waals surface area contributed by atoms with Crippen molar-refractivity contribution in [1.29, 1.82) is 0 Å². The fraction of sp³-hybridized carbons (Fsp3) is 0.240. The highest BCUT2D eigenvalue weighted by atomic mass is 16.1. The first-order valence-corrected chi connectivity index (χ1v) is 10.5. The third-order valence-corrected chi connectivity index (χ3v) is 5.90. The van der Waals surface area contributed by atoms with Gasteiger partial charge in [0.15, 0.2) is 0 Å². The number of rotatable bonds is 5. The lowest BCUT2D eigenvalue weighted by atomic mass is 10.0. The van der Waals surface area contributed by atoms with Gasteiger partial charge in [0.25, 0.3) is 5.91 Å². The van der Waals surface area contributed by atoms with Gasteiger partial charge in [0.1, 0.15) is 0 Å². The zero-order valence-corrected chi connectivity index (χ0v) is 16.8. The van der Waals surface area contributed by atoms with E-state index in [4.69, 9.17) is 5.10 Å². The minimum absolute atomic E-state index is 0.0762. The normalized spacial score (nSPS) is 14.3. The number of hydrogen-bond acceptors (Lipinski definition) is 3. The van der Waals surface area contributed by atoms with Crippen molar-refractivity contribution in [2.75, 3.05) is 0 Å². The topological polar surface area (TPSA) is 59.8 Å². The largest absolute Gasteiger partial charge is 0.346 e. The third-order valence-electron chi connectivity index (χ3n) is 5.90. The summed E-state index contributed by atoms with van der Waals surface area (Å²) < 4.78 is 2.15. The maximum atomic E-state index is 12.9. The van der Waals surface area contributed by atoms with Crippen molar-refractivity contribution in [3.8, 4) is 11.3 Å². The predicted molar refractivity (Wildman–Crippen MR) is 118 cm³/mol. The number of aromatic nitrogens is 3. The lowest BCUT2D eigenvalue weighted by molar-refractivity contribution is 0.0952. The Hall–Kier alpha value is -3.47. The van der Waals surface area contributed by atoms with Crippen molar-refractivity contribution in [3.63, 3.8) is 0 Å². The molecule has 0 unspecified atom stereocenters. The van der Waals surface area contributed by atoms with E-state index < -0.39 is 0 Å². The molecule has 5 heteroatoms. The number of benzene rings is 2. The first kappa shape index (κ1) is 18.6. The Morgan fingerprint density at radius 1 is 1.00 bits per heavy atom. The van der Waals surface area contributed by atoms with Gasteiger partial charge in [-0.05, 0) is 47.9 Å². The highest BCUT2D eigenvalue weighted by molar-refractivity contribution is 6.06. The van der Waals surface area contributed by atoms with Crippen LogP contribution in [0, 0.1) is 0 Å². The van der Waals surface area contributed by atoms with Crippen LogP contribution < -0.4 is 5.32 Å². The van der Waals surface area contributed by atoms with Crippen LogP contribution in [0.1, 0.15) is 47.8 Å². The number of nitrogens with zero attached hydrogens (tertiary/aromatic N) is 3. The van der Waals surface area contributed by atoms with Crippen molar-refractivity contribution in [2.24, 2.45) is 0 Å². The Kier molecular flexibility index (Phi) is 5.01. The van der Waals surface area contributed by atoms with E-state index >= 15 is 0 Å². The summed E-state index contributed by atoms with van der Waals surface area (Å²) in [5.41, 5.74) is 3.77. The number of nitrogens with one attached hydrogen (secondary N) is 1. The maximum absolute atomic E-state index is 12.9. The van der Waals surface area contributed by atoms with Gasteiger partial charge in [-0.1, -0.05) is 49.2 Å². The molecule has 0 saturated heterocycles. The van der Waals surface area contributed by atoms with Crippen LogP contribution in [0.25, 0.3) is 22.0 Å². The average molecular weight is 396 g/mol. The van der Waals surface area contributed by atoms with Crippen molar-refractivity contribution in [2.45, 2.75) is 38.3 Å². The van der Waals surface area contributed by atoms with Gasteiger partial charge in [-0.15, -0.1) is 0 Å². The summed E-state index contributed by atoms with van der Waals surface area (Å²) in [6.45, 7) is 0.403. The summed E-state index contributed by atoms with van der Waals surface area (Å²) in [5, 5.41) is 9.97. The van der Waals surface area contributed by atoms with Crippen LogP contribution in [0.4, 0.5) is 0 Å². The molecule has 0 spiro atoms. The fourth-order valence-corrected chi connectivity index (χ4v) is 4.39. The zero-order chi connectivity index (χ0) is 20.3. The molecule has 30 heavy (non-hydrogen) atoms. The molecule has 5 rings (SSSR count). The Balaban J connectivity index is 1.40. The molecule has 1 fully saturated rings. The quantitative estimate of drug-likeness (QED) is 0.508. The number of hydrogen-bond donors (Lipinski definition) is 1. The molecule has 1 N–H and O–H groups in total. The zero-order valence-electron chi connectivity index (χ0n) is 16.8. The molecule has 0 radical (unpaired) electrons. The number of fused-ring (bicyclic) bond motifs is 1. The highest BCUT2D eigenvalue weighted by Crippen LogP contribution is 2.33. The lowest BCUT2D eigenvalue weighted by Crippen LogP contribution is -2.23. The molecular weight excluding hydrogens is 372 g/mol. The number of pyridine rings is 1. The molecule has 1 saturated carbocycles. The third kappa shape index (κ3) is 3.59. The molecule has 0 atom stereocenters. The van der Waals surface area contributed by atoms with Gasteiger partial charge in [-0.3, -0.25) is 14.5 Å². The molecule has 1 amide bonds. The Morgan fingerprint density at radius 3 is 2.60 bits per heavy atom. The summed E-state index contributed by atoms with van der Waals surface area (Å²) in [4.78, 5) is 17.0. The Labute approximate surface area is 175 Å². The summed E-state index contributed by atoms with van der Waals surface area (Å²) in [6, 6.07) is 20.3. The van der Waals surface area contributed by atoms with E-state index in [-0.39, 0.29) is 5.91 Å². The molecular formula is C25H24N4O. The monoisotopic (exact) mass is 396 g/mol. The standard InChI is InChI=1S/C25H24N4O/c30-25(23-11-5-7-18-6-1-4-10-22(18)23)27-17-20-16-24(19-12-14-26-15-13-19)29(28-20)21-8-2-3-9-21/h1,4-7,10-16,21H,2-3,8-9,17H2,(H,27,30). The summed E-state index contributed by atoms with van der Waals surface area (Å²) in [6.07, 6.45) is 8.41. The second-order valence-electron chi connectivity index (χ2n) is 7.85. The molecule has 4 aromatic rings. The van der Waals surface area contributed by atoms with E-state index in [9.17, 15) is 4.79 Å². The molecule has 0 bridgehead atoms. The number of amides is 1. The smallest absolute Gasteiger partial charge is 0.252 e. The Bertz CT molecular complexity index is 1170. The fourth-order valence-electron chi connectivity index (χ4n) is 4.39. The van der Waals surface area contributed by atoms with E-state index in [0.29, 0.717) is 18.2 Å². The Morgan fingerprint density at radius 2 is 1.77 bits per heavy atom. The molecule has 5 nitrogen and oxygen atoms in total. The lowest BCUT2D eigenvalue weighted by Gasteiger charge is -2.14. The average Bonchev–Trinajstić information content (AvgIpc) is 3.47. The first-order chi connectivity index (χ1) is 14.8. The summed E-state index contributed by atoms with van der Waals surface area (Å²) >= 11 is 0. The van der Waals surface area contributed by atoms with Gasteiger partial charge in [-0.2, -0.15) is 5.10 Å². The van der Waals surface area contributed by atoms with Crippen molar-refractivity contribution in [3.05, 3.63) is 84.3 Å². The summed E-state index contributed by atoms with van der Waals surface area (Å²) in [5.74, 6) is -0.0762. The van der Waals surface area contributed by atoms with Crippen molar-refractivity contribution in [1.82, 2.24) is 20.1 Å². The number of carbonyl (C=O) groups is 1. The van der Waals surface area contributed by atoms with Crippen LogP contribution in [-0.4, -0.2) is 20.7 Å². The maximum Gasteiger partial charge on any atom is 0.252 e. The number of carbonyl (C=O) groups excluding carboxylic acids is 1. The van der Waals surface area contributed by atoms with Gasteiger partial charge < -0.3 is 5.32 Å². The molecule has 2 heterocycles. The van der Waals surface area contributed by atoms with Crippen LogP contribution in [0.15, 0.2) is 73.1 Å². The molecule has 2 aromatic carbocycles. The molecule has 2 aromatic heterocycles. The van der Waals surface area contributed by atoms with Crippen LogP contribution in [-0.2, 0) is 6.54 Å². The predicted octanol–water partition coefficient (Wildman–Crippen LogP) is 5.14. The van der Waals surface area contributed by atoms with E-state index in [1.807, 2.05) is 67.0 Å². The first-order valence-electron chi connectivity index (χ1n) is 10.5. The second kappa shape index (κ2) is 8.11. The van der Waals surface area contributed by atoms with Gasteiger partial charge in [0.2, 0.25) is 0 Å². The minimum Gasteiger partial charge on any atom is -0.346 e. The van der Waals surface area contributed by atoms with Crippen LogP contribution in [0.2, 0.25) is 0 Å². The second-order valence-corrected chi connectivity index (χ2v) is 7.85. The van der Waals surface area contributed by atoms with Gasteiger partial charge in [-0.25, -0.2) is 0 Å². The van der Waals surface area contributed by atoms with Gasteiger partial charge in [0, 0.05) is 23.5 Å². The molecule has 150 valence electrons.